The van der Waals surface area contributed by atoms with E-state index in [4.69, 9.17) is 9.47 Å². The van der Waals surface area contributed by atoms with Crippen molar-refractivity contribution < 1.29 is 18.8 Å². The van der Waals surface area contributed by atoms with E-state index in [-0.39, 0.29) is 5.97 Å². The van der Waals surface area contributed by atoms with Crippen LogP contribution in [0.2, 0.25) is 0 Å². The summed E-state index contributed by atoms with van der Waals surface area (Å²) in [6.07, 6.45) is 3.93. The third kappa shape index (κ3) is 3.74. The van der Waals surface area contributed by atoms with Crippen LogP contribution in [0.4, 0.5) is 0 Å². The van der Waals surface area contributed by atoms with Crippen LogP contribution in [-0.2, 0) is 18.0 Å². The van der Waals surface area contributed by atoms with Crippen molar-refractivity contribution in [3.05, 3.63) is 96.4 Å². The second-order valence-corrected chi connectivity index (χ2v) is 6.48. The van der Waals surface area contributed by atoms with Gasteiger partial charge in [0.25, 0.3) is 0 Å². The highest BCUT2D eigenvalue weighted by atomic mass is 16.5. The summed E-state index contributed by atoms with van der Waals surface area (Å²) in [6.45, 7) is 1.01. The molecule has 2 heterocycles. The first-order valence-electron chi connectivity index (χ1n) is 9.07. The van der Waals surface area contributed by atoms with Gasteiger partial charge in [0.15, 0.2) is 12.4 Å². The van der Waals surface area contributed by atoms with Crippen molar-refractivity contribution in [2.75, 3.05) is 7.11 Å². The van der Waals surface area contributed by atoms with Crippen molar-refractivity contribution in [3.8, 4) is 5.75 Å². The highest BCUT2D eigenvalue weighted by molar-refractivity contribution is 5.96. The van der Waals surface area contributed by atoms with Gasteiger partial charge in [0.05, 0.1) is 12.6 Å². The Morgan fingerprint density at radius 1 is 0.964 bits per heavy atom. The molecule has 28 heavy (non-hydrogen) atoms. The number of methoxy groups -OCH3 is 1. The standard InChI is InChI=1S/C23H21N2O3/c1-27-23(26)22-15-19-14-20(28-16-18-8-4-2-5-9-18)10-11-21(19)25(22)17-24-12-6-3-7-13-24/h2-15H,16-17H2,1H3/q+1. The molecule has 0 amide bonds. The van der Waals surface area contributed by atoms with Crippen LogP contribution in [0.25, 0.3) is 10.9 Å². The summed E-state index contributed by atoms with van der Waals surface area (Å²) in [4.78, 5) is 12.3. The van der Waals surface area contributed by atoms with Gasteiger partial charge in [0.1, 0.15) is 18.1 Å². The molecule has 0 saturated carbocycles. The van der Waals surface area contributed by atoms with Crippen molar-refractivity contribution >= 4 is 16.9 Å². The van der Waals surface area contributed by atoms with E-state index in [2.05, 4.69) is 0 Å². The Bertz CT molecular complexity index is 1090. The second kappa shape index (κ2) is 7.96. The number of nitrogens with zero attached hydrogens (tertiary/aromatic N) is 2. The molecule has 5 nitrogen and oxygen atoms in total. The smallest absolute Gasteiger partial charge is 0.354 e. The maximum absolute atomic E-state index is 12.3. The molecule has 140 valence electrons. The van der Waals surface area contributed by atoms with Crippen LogP contribution in [0.1, 0.15) is 16.1 Å². The molecule has 0 aliphatic carbocycles. The maximum atomic E-state index is 12.3. The first-order chi connectivity index (χ1) is 13.7. The lowest BCUT2D eigenvalue weighted by Gasteiger charge is -2.08. The molecule has 0 atom stereocenters. The van der Waals surface area contributed by atoms with Gasteiger partial charge in [-0.05, 0) is 29.8 Å². The number of benzene rings is 2. The van der Waals surface area contributed by atoms with Crippen molar-refractivity contribution in [2.45, 2.75) is 13.3 Å². The highest BCUT2D eigenvalue weighted by Crippen LogP contribution is 2.25. The molecule has 4 aromatic rings. The number of hydrogen-bond donors (Lipinski definition) is 0. The predicted octanol–water partition coefficient (Wildman–Crippen LogP) is 3.80. The Morgan fingerprint density at radius 2 is 1.71 bits per heavy atom. The number of aromatic nitrogens is 2. The topological polar surface area (TPSA) is 44.3 Å². The fraction of sp³-hybridized carbons (Fsp3) is 0.130. The summed E-state index contributed by atoms with van der Waals surface area (Å²) in [5.41, 5.74) is 2.56. The number of carbonyl (C=O) groups is 1. The predicted molar refractivity (Wildman–Crippen MR) is 106 cm³/mol. The molecule has 0 fully saturated rings. The third-order valence-corrected chi connectivity index (χ3v) is 4.60. The lowest BCUT2D eigenvalue weighted by atomic mass is 10.2. The van der Waals surface area contributed by atoms with Crippen molar-refractivity contribution in [1.82, 2.24) is 4.57 Å². The van der Waals surface area contributed by atoms with Gasteiger partial charge in [0, 0.05) is 17.5 Å². The normalized spacial score (nSPS) is 10.8. The fourth-order valence-electron chi connectivity index (χ4n) is 3.20. The molecule has 5 heteroatoms. The zero-order chi connectivity index (χ0) is 19.3. The number of rotatable bonds is 6. The van der Waals surface area contributed by atoms with Gasteiger partial charge in [-0.2, -0.15) is 4.57 Å². The average Bonchev–Trinajstić information content (AvgIpc) is 3.11. The van der Waals surface area contributed by atoms with Crippen molar-refractivity contribution in [1.29, 1.82) is 0 Å². The average molecular weight is 373 g/mol. The first-order valence-corrected chi connectivity index (χ1v) is 9.07. The van der Waals surface area contributed by atoms with Gasteiger partial charge in [-0.25, -0.2) is 4.79 Å². The summed E-state index contributed by atoms with van der Waals surface area (Å²) in [5.74, 6) is 0.400. The molecule has 0 bridgehead atoms. The van der Waals surface area contributed by atoms with Gasteiger partial charge in [-0.3, -0.25) is 4.57 Å². The van der Waals surface area contributed by atoms with Gasteiger partial charge in [-0.15, -0.1) is 0 Å². The van der Waals surface area contributed by atoms with E-state index in [9.17, 15) is 4.79 Å². The summed E-state index contributed by atoms with van der Waals surface area (Å²) in [6, 6.07) is 23.6. The zero-order valence-electron chi connectivity index (χ0n) is 15.6. The zero-order valence-corrected chi connectivity index (χ0v) is 15.6. The van der Waals surface area contributed by atoms with Gasteiger partial charge in [0.2, 0.25) is 6.67 Å². The molecule has 0 N–H and O–H groups in total. The van der Waals surface area contributed by atoms with Crippen LogP contribution in [0, 0.1) is 0 Å². The SMILES string of the molecule is COC(=O)c1cc2cc(OCc3ccccc3)ccc2n1C[n+]1ccccc1. The van der Waals surface area contributed by atoms with Crippen molar-refractivity contribution in [2.24, 2.45) is 0 Å². The van der Waals surface area contributed by atoms with Crippen molar-refractivity contribution in [3.63, 3.8) is 0 Å². The number of carbonyl (C=O) groups excluding carboxylic acids is 1. The number of hydrogen-bond acceptors (Lipinski definition) is 3. The number of fused-ring (bicyclic) bond motifs is 1. The molecule has 4 rings (SSSR count). The maximum Gasteiger partial charge on any atom is 0.354 e. The molecule has 2 aromatic carbocycles. The number of pyridine rings is 1. The van der Waals surface area contributed by atoms with E-state index >= 15 is 0 Å². The van der Waals surface area contributed by atoms with E-state index in [1.165, 1.54) is 7.11 Å². The Kier molecular flexibility index (Phi) is 5.06. The van der Waals surface area contributed by atoms with Crippen LogP contribution in [0.15, 0.2) is 85.2 Å². The number of esters is 1. The fourth-order valence-corrected chi connectivity index (χ4v) is 3.20. The van der Waals surface area contributed by atoms with Gasteiger partial charge in [-0.1, -0.05) is 36.4 Å². The van der Waals surface area contributed by atoms with Crippen LogP contribution in [0.5, 0.6) is 5.75 Å². The van der Waals surface area contributed by atoms with E-state index in [0.29, 0.717) is 19.0 Å². The van der Waals surface area contributed by atoms with Crippen LogP contribution in [-0.4, -0.2) is 17.6 Å². The molecular formula is C23H21N2O3+. The van der Waals surface area contributed by atoms with E-state index in [0.717, 1.165) is 22.2 Å². The second-order valence-electron chi connectivity index (χ2n) is 6.48. The van der Waals surface area contributed by atoms with Gasteiger partial charge >= 0.3 is 5.97 Å². The Morgan fingerprint density at radius 3 is 2.46 bits per heavy atom. The van der Waals surface area contributed by atoms with E-state index in [1.54, 1.807) is 0 Å². The lowest BCUT2D eigenvalue weighted by Crippen LogP contribution is -2.37. The molecule has 0 spiro atoms. The summed E-state index contributed by atoms with van der Waals surface area (Å²) in [7, 11) is 1.40. The number of ether oxygens (including phenoxy) is 2. The minimum absolute atomic E-state index is 0.362. The third-order valence-electron chi connectivity index (χ3n) is 4.60. The Balaban J connectivity index is 1.66. The summed E-state index contributed by atoms with van der Waals surface area (Å²) in [5, 5.41) is 0.933. The first kappa shape index (κ1) is 17.8. The quantitative estimate of drug-likeness (QED) is 0.381. The molecule has 0 unspecified atom stereocenters. The van der Waals surface area contributed by atoms with Crippen LogP contribution >= 0.6 is 0 Å². The molecule has 0 aliphatic heterocycles. The van der Waals surface area contributed by atoms with Crippen LogP contribution < -0.4 is 9.30 Å². The summed E-state index contributed by atoms with van der Waals surface area (Å²) >= 11 is 0. The molecular weight excluding hydrogens is 352 g/mol. The molecule has 2 aromatic heterocycles. The lowest BCUT2D eigenvalue weighted by molar-refractivity contribution is -0.701. The Hall–Kier alpha value is -3.60. The van der Waals surface area contributed by atoms with E-state index < -0.39 is 0 Å². The summed E-state index contributed by atoms with van der Waals surface area (Å²) < 4.78 is 14.9. The minimum Gasteiger partial charge on any atom is -0.489 e. The Labute approximate surface area is 163 Å². The van der Waals surface area contributed by atoms with Gasteiger partial charge < -0.3 is 9.47 Å². The molecule has 0 aliphatic rings. The molecule has 0 radical (unpaired) electrons. The largest absolute Gasteiger partial charge is 0.489 e. The monoisotopic (exact) mass is 373 g/mol. The van der Waals surface area contributed by atoms with Crippen LogP contribution in [0.3, 0.4) is 0 Å². The molecule has 0 saturated heterocycles. The highest BCUT2D eigenvalue weighted by Gasteiger charge is 2.19. The van der Waals surface area contributed by atoms with E-state index in [1.807, 2.05) is 94.3 Å². The minimum atomic E-state index is -0.362.